The third-order valence-corrected chi connectivity index (χ3v) is 6.22. The summed E-state index contributed by atoms with van der Waals surface area (Å²) in [7, 11) is 0. The molecule has 0 spiro atoms. The van der Waals surface area contributed by atoms with E-state index in [0.717, 1.165) is 10.2 Å². The first-order valence-corrected chi connectivity index (χ1v) is 11.0. The largest absolute Gasteiger partial charge is 0.310 e. The molecule has 0 bridgehead atoms. The maximum absolute atomic E-state index is 3.57. The minimum atomic E-state index is 1.08. The van der Waals surface area contributed by atoms with Gasteiger partial charge in [-0.3, -0.25) is 0 Å². The van der Waals surface area contributed by atoms with Gasteiger partial charge in [0.05, 0.1) is 0 Å². The fraction of sp³-hybridized carbons (Fsp3) is 0.143. The summed E-state index contributed by atoms with van der Waals surface area (Å²) < 4.78 is 1.08. The van der Waals surface area contributed by atoms with Gasteiger partial charge < -0.3 is 4.90 Å². The molecule has 1 nitrogen and oxygen atoms in total. The number of anilines is 3. The first-order valence-electron chi connectivity index (χ1n) is 10.2. The van der Waals surface area contributed by atoms with Crippen molar-refractivity contribution in [3.8, 4) is 11.1 Å². The van der Waals surface area contributed by atoms with E-state index in [2.05, 4.69) is 133 Å². The first kappa shape index (κ1) is 20.4. The topological polar surface area (TPSA) is 3.24 Å². The lowest BCUT2D eigenvalue weighted by Crippen LogP contribution is -2.12. The highest BCUT2D eigenvalue weighted by atomic mass is 79.9. The highest BCUT2D eigenvalue weighted by Gasteiger charge is 2.17. The second-order valence-corrected chi connectivity index (χ2v) is 8.82. The molecule has 0 fully saturated rings. The maximum Gasteiger partial charge on any atom is 0.0493 e. The summed E-state index contributed by atoms with van der Waals surface area (Å²) in [5.41, 5.74) is 11.2. The zero-order chi connectivity index (χ0) is 21.3. The molecule has 0 aromatic heterocycles. The van der Waals surface area contributed by atoms with Crippen molar-refractivity contribution in [3.05, 3.63) is 112 Å². The van der Waals surface area contributed by atoms with Crippen LogP contribution in [0.3, 0.4) is 0 Å². The van der Waals surface area contributed by atoms with E-state index in [1.165, 1.54) is 44.8 Å². The Bertz CT molecular complexity index is 1180. The fourth-order valence-electron chi connectivity index (χ4n) is 3.93. The number of nitrogens with zero attached hydrogens (tertiary/aromatic N) is 1. The van der Waals surface area contributed by atoms with Crippen molar-refractivity contribution < 1.29 is 0 Å². The molecular weight excluding hydrogens is 430 g/mol. The van der Waals surface area contributed by atoms with Crippen LogP contribution in [0.1, 0.15) is 22.3 Å². The Labute approximate surface area is 188 Å². The number of aryl methyl sites for hydroxylation is 4. The normalized spacial score (nSPS) is 10.8. The molecule has 0 amide bonds. The Morgan fingerprint density at radius 3 is 1.87 bits per heavy atom. The van der Waals surface area contributed by atoms with Gasteiger partial charge in [0.2, 0.25) is 0 Å². The van der Waals surface area contributed by atoms with Crippen molar-refractivity contribution in [3.63, 3.8) is 0 Å². The highest BCUT2D eigenvalue weighted by molar-refractivity contribution is 9.10. The van der Waals surface area contributed by atoms with Crippen LogP contribution in [0.5, 0.6) is 0 Å². The van der Waals surface area contributed by atoms with E-state index < -0.39 is 0 Å². The molecule has 4 aromatic carbocycles. The standard InChI is InChI=1S/C28H26BrN/c1-19-16-22(4)28(18-20(19)2)30(25-12-10-24(29)11-13-25)26-14-15-27(21(3)17-26)23-8-6-5-7-9-23/h5-18H,1-4H3. The van der Waals surface area contributed by atoms with Crippen molar-refractivity contribution >= 4 is 33.0 Å². The molecule has 0 heterocycles. The zero-order valence-corrected chi connectivity index (χ0v) is 19.5. The van der Waals surface area contributed by atoms with Crippen LogP contribution in [0, 0.1) is 27.7 Å². The molecule has 0 aliphatic carbocycles. The van der Waals surface area contributed by atoms with Gasteiger partial charge in [0, 0.05) is 21.5 Å². The lowest BCUT2D eigenvalue weighted by molar-refractivity contribution is 1.21. The van der Waals surface area contributed by atoms with Gasteiger partial charge >= 0.3 is 0 Å². The summed E-state index contributed by atoms with van der Waals surface area (Å²) in [6, 6.07) is 30.5. The molecule has 0 atom stereocenters. The van der Waals surface area contributed by atoms with E-state index in [-0.39, 0.29) is 0 Å². The second-order valence-electron chi connectivity index (χ2n) is 7.90. The molecule has 4 rings (SSSR count). The van der Waals surface area contributed by atoms with Gasteiger partial charge in [0.15, 0.2) is 0 Å². The van der Waals surface area contributed by atoms with Crippen molar-refractivity contribution in [2.45, 2.75) is 27.7 Å². The second kappa shape index (κ2) is 8.49. The summed E-state index contributed by atoms with van der Waals surface area (Å²) in [6.07, 6.45) is 0. The number of benzene rings is 4. The summed E-state index contributed by atoms with van der Waals surface area (Å²) in [5.74, 6) is 0. The first-order chi connectivity index (χ1) is 14.4. The van der Waals surface area contributed by atoms with E-state index in [9.17, 15) is 0 Å². The molecule has 0 saturated heterocycles. The quantitative estimate of drug-likeness (QED) is 0.297. The van der Waals surface area contributed by atoms with Crippen molar-refractivity contribution in [2.24, 2.45) is 0 Å². The van der Waals surface area contributed by atoms with E-state index in [1.807, 2.05) is 0 Å². The Hall–Kier alpha value is -2.84. The summed E-state index contributed by atoms with van der Waals surface area (Å²) in [4.78, 5) is 2.36. The Morgan fingerprint density at radius 2 is 1.20 bits per heavy atom. The van der Waals surface area contributed by atoms with E-state index in [0.29, 0.717) is 0 Å². The van der Waals surface area contributed by atoms with Gasteiger partial charge in [-0.2, -0.15) is 0 Å². The molecule has 0 saturated carbocycles. The van der Waals surface area contributed by atoms with Crippen LogP contribution in [0.2, 0.25) is 0 Å². The monoisotopic (exact) mass is 455 g/mol. The predicted octanol–water partition coefficient (Wildman–Crippen LogP) is 8.82. The van der Waals surface area contributed by atoms with Crippen LogP contribution < -0.4 is 4.90 Å². The zero-order valence-electron chi connectivity index (χ0n) is 17.9. The van der Waals surface area contributed by atoms with Crippen molar-refractivity contribution in [1.29, 1.82) is 0 Å². The summed E-state index contributed by atoms with van der Waals surface area (Å²) >= 11 is 3.57. The molecule has 0 aliphatic rings. The van der Waals surface area contributed by atoms with Gasteiger partial charge in [-0.15, -0.1) is 0 Å². The SMILES string of the molecule is Cc1cc(C)c(N(c2ccc(Br)cc2)c2ccc(-c3ccccc3)c(C)c2)cc1C. The van der Waals surface area contributed by atoms with Crippen LogP contribution in [-0.2, 0) is 0 Å². The van der Waals surface area contributed by atoms with Crippen LogP contribution in [0.15, 0.2) is 89.4 Å². The average molecular weight is 456 g/mol. The number of halogens is 1. The van der Waals surface area contributed by atoms with Gasteiger partial charge in [-0.05, 0) is 104 Å². The fourth-order valence-corrected chi connectivity index (χ4v) is 4.20. The minimum Gasteiger partial charge on any atom is -0.310 e. The molecule has 0 unspecified atom stereocenters. The molecule has 0 N–H and O–H groups in total. The number of rotatable bonds is 4. The lowest BCUT2D eigenvalue weighted by Gasteiger charge is -2.28. The minimum absolute atomic E-state index is 1.08. The average Bonchev–Trinajstić information content (AvgIpc) is 2.74. The van der Waals surface area contributed by atoms with Crippen LogP contribution in [0.25, 0.3) is 11.1 Å². The van der Waals surface area contributed by atoms with Gasteiger partial charge in [-0.25, -0.2) is 0 Å². The molecule has 150 valence electrons. The Kier molecular flexibility index (Phi) is 5.78. The van der Waals surface area contributed by atoms with Crippen molar-refractivity contribution in [2.75, 3.05) is 4.90 Å². The molecule has 4 aromatic rings. The Balaban J connectivity index is 1.88. The number of hydrogen-bond donors (Lipinski definition) is 0. The molecule has 2 heteroatoms. The van der Waals surface area contributed by atoms with E-state index in [1.54, 1.807) is 0 Å². The molecule has 0 aliphatic heterocycles. The smallest absolute Gasteiger partial charge is 0.0493 e. The van der Waals surface area contributed by atoms with Gasteiger partial charge in [-0.1, -0.05) is 58.4 Å². The maximum atomic E-state index is 3.57. The molecule has 0 radical (unpaired) electrons. The van der Waals surface area contributed by atoms with E-state index >= 15 is 0 Å². The predicted molar refractivity (Wildman–Crippen MR) is 133 cm³/mol. The molecular formula is C28H26BrN. The lowest BCUT2D eigenvalue weighted by atomic mass is 9.98. The van der Waals surface area contributed by atoms with Gasteiger partial charge in [0.1, 0.15) is 0 Å². The number of hydrogen-bond acceptors (Lipinski definition) is 1. The van der Waals surface area contributed by atoms with Crippen LogP contribution in [-0.4, -0.2) is 0 Å². The van der Waals surface area contributed by atoms with Crippen LogP contribution >= 0.6 is 15.9 Å². The molecule has 30 heavy (non-hydrogen) atoms. The third-order valence-electron chi connectivity index (χ3n) is 5.69. The highest BCUT2D eigenvalue weighted by Crippen LogP contribution is 2.39. The Morgan fingerprint density at radius 1 is 0.567 bits per heavy atom. The van der Waals surface area contributed by atoms with Crippen LogP contribution in [0.4, 0.5) is 17.1 Å². The summed E-state index contributed by atoms with van der Waals surface area (Å²) in [6.45, 7) is 8.74. The van der Waals surface area contributed by atoms with Gasteiger partial charge in [0.25, 0.3) is 0 Å². The van der Waals surface area contributed by atoms with Crippen molar-refractivity contribution in [1.82, 2.24) is 0 Å². The summed E-state index contributed by atoms with van der Waals surface area (Å²) in [5, 5.41) is 0. The third kappa shape index (κ3) is 4.06. The van der Waals surface area contributed by atoms with E-state index in [4.69, 9.17) is 0 Å².